The fourth-order valence-electron chi connectivity index (χ4n) is 1.56. The Balaban J connectivity index is 0.00000361. The predicted octanol–water partition coefficient (Wildman–Crippen LogP) is 3.18. The summed E-state index contributed by atoms with van der Waals surface area (Å²) in [4.78, 5) is 0. The number of ether oxygens (including phenoxy) is 3. The van der Waals surface area contributed by atoms with Crippen LogP contribution in [0.4, 0.5) is 0 Å². The maximum absolute atomic E-state index is 5.58. The molecule has 0 aromatic heterocycles. The molecule has 0 amide bonds. The van der Waals surface area contributed by atoms with Gasteiger partial charge >= 0.3 is 0 Å². The van der Waals surface area contributed by atoms with Crippen LogP contribution in [0.25, 0.3) is 0 Å². The summed E-state index contributed by atoms with van der Waals surface area (Å²) in [7, 11) is 3.32. The zero-order chi connectivity index (χ0) is 14.1. The Labute approximate surface area is 135 Å². The normalized spacial score (nSPS) is 9.75. The Morgan fingerprint density at radius 2 is 2.10 bits per heavy atom. The van der Waals surface area contributed by atoms with Crippen LogP contribution in [0, 0.1) is 0 Å². The van der Waals surface area contributed by atoms with Crippen molar-refractivity contribution in [1.29, 1.82) is 0 Å². The van der Waals surface area contributed by atoms with Crippen molar-refractivity contribution in [1.82, 2.24) is 5.32 Å². The molecular weight excluding hydrogens is 346 g/mol. The van der Waals surface area contributed by atoms with Gasteiger partial charge in [0.05, 0.1) is 18.2 Å². The maximum atomic E-state index is 5.58. The van der Waals surface area contributed by atoms with Gasteiger partial charge in [0.25, 0.3) is 0 Å². The van der Waals surface area contributed by atoms with Gasteiger partial charge in [-0.15, -0.1) is 12.4 Å². The van der Waals surface area contributed by atoms with Gasteiger partial charge in [-0.3, -0.25) is 0 Å². The highest BCUT2D eigenvalue weighted by atomic mass is 79.9. The Hall–Kier alpha value is -0.750. The summed E-state index contributed by atoms with van der Waals surface area (Å²) in [6.07, 6.45) is 1.70. The second-order valence-electron chi connectivity index (χ2n) is 3.88. The van der Waals surface area contributed by atoms with E-state index in [0.717, 1.165) is 23.1 Å². The highest BCUT2D eigenvalue weighted by Gasteiger charge is 2.11. The minimum absolute atomic E-state index is 0. The van der Waals surface area contributed by atoms with E-state index in [2.05, 4.69) is 27.8 Å². The Morgan fingerprint density at radius 3 is 2.70 bits per heavy atom. The summed E-state index contributed by atoms with van der Waals surface area (Å²) >= 11 is 3.50. The monoisotopic (exact) mass is 365 g/mol. The van der Waals surface area contributed by atoms with Crippen molar-refractivity contribution < 1.29 is 14.2 Å². The summed E-state index contributed by atoms with van der Waals surface area (Å²) in [5.41, 5.74) is 1.12. The highest BCUT2D eigenvalue weighted by molar-refractivity contribution is 9.10. The molecule has 1 aromatic carbocycles. The second kappa shape index (κ2) is 11.0. The Bertz CT molecular complexity index is 416. The zero-order valence-electron chi connectivity index (χ0n) is 11.8. The first-order chi connectivity index (χ1) is 9.22. The molecule has 0 aliphatic rings. The van der Waals surface area contributed by atoms with E-state index in [9.17, 15) is 0 Å². The van der Waals surface area contributed by atoms with Crippen molar-refractivity contribution in [3.05, 3.63) is 34.8 Å². The Kier molecular flexibility index (Phi) is 10.6. The van der Waals surface area contributed by atoms with Crippen molar-refractivity contribution in [2.75, 3.05) is 34.0 Å². The Morgan fingerprint density at radius 1 is 1.35 bits per heavy atom. The van der Waals surface area contributed by atoms with Crippen LogP contribution in [0.1, 0.15) is 5.56 Å². The molecule has 0 fully saturated rings. The van der Waals surface area contributed by atoms with Crippen LogP contribution in [0.2, 0.25) is 0 Å². The summed E-state index contributed by atoms with van der Waals surface area (Å²) < 4.78 is 16.8. The molecule has 0 radical (unpaired) electrons. The van der Waals surface area contributed by atoms with Crippen LogP contribution < -0.4 is 14.8 Å². The number of hydrogen-bond donors (Lipinski definition) is 1. The largest absolute Gasteiger partial charge is 0.493 e. The van der Waals surface area contributed by atoms with Crippen molar-refractivity contribution in [3.63, 3.8) is 0 Å². The molecule has 1 aromatic rings. The summed E-state index contributed by atoms with van der Waals surface area (Å²) in [6.45, 7) is 6.33. The molecule has 0 aliphatic heterocycles. The van der Waals surface area contributed by atoms with Crippen molar-refractivity contribution in [3.8, 4) is 11.5 Å². The average molecular weight is 367 g/mol. The fraction of sp³-hybridized carbons (Fsp3) is 0.429. The number of nitrogens with one attached hydrogen (secondary N) is 1. The van der Waals surface area contributed by atoms with Gasteiger partial charge in [0.15, 0.2) is 11.5 Å². The van der Waals surface area contributed by atoms with Crippen LogP contribution >= 0.6 is 28.3 Å². The molecule has 4 nitrogen and oxygen atoms in total. The average Bonchev–Trinajstić information content (AvgIpc) is 2.42. The number of halogens is 2. The molecule has 0 spiro atoms. The number of rotatable bonds is 9. The molecule has 1 rings (SSSR count). The predicted molar refractivity (Wildman–Crippen MR) is 87.2 cm³/mol. The van der Waals surface area contributed by atoms with Crippen LogP contribution in [0.3, 0.4) is 0 Å². The molecule has 0 unspecified atom stereocenters. The third-order valence-electron chi connectivity index (χ3n) is 2.45. The molecule has 1 N–H and O–H groups in total. The number of benzene rings is 1. The van der Waals surface area contributed by atoms with Crippen LogP contribution in [0.15, 0.2) is 29.3 Å². The van der Waals surface area contributed by atoms with Crippen molar-refractivity contribution in [2.24, 2.45) is 0 Å². The first kappa shape index (κ1) is 19.2. The van der Waals surface area contributed by atoms with E-state index in [1.54, 1.807) is 20.3 Å². The van der Waals surface area contributed by atoms with E-state index in [0.29, 0.717) is 24.7 Å². The lowest BCUT2D eigenvalue weighted by Gasteiger charge is -2.13. The van der Waals surface area contributed by atoms with Gasteiger partial charge in [-0.1, -0.05) is 12.7 Å². The van der Waals surface area contributed by atoms with E-state index in [-0.39, 0.29) is 12.4 Å². The first-order valence-electron chi connectivity index (χ1n) is 6.02. The van der Waals surface area contributed by atoms with Crippen molar-refractivity contribution in [2.45, 2.75) is 6.54 Å². The third kappa shape index (κ3) is 6.13. The van der Waals surface area contributed by atoms with E-state index in [4.69, 9.17) is 14.2 Å². The smallest absolute Gasteiger partial charge is 0.175 e. The molecule has 0 atom stereocenters. The number of methoxy groups -OCH3 is 2. The summed E-state index contributed by atoms with van der Waals surface area (Å²) in [6, 6.07) is 3.98. The molecular formula is C14H21BrClNO3. The molecule has 0 saturated heterocycles. The van der Waals surface area contributed by atoms with E-state index in [1.807, 2.05) is 12.1 Å². The molecule has 0 heterocycles. The van der Waals surface area contributed by atoms with Crippen LogP contribution in [-0.4, -0.2) is 34.0 Å². The van der Waals surface area contributed by atoms with Gasteiger partial charge in [0.2, 0.25) is 0 Å². The highest BCUT2D eigenvalue weighted by Crippen LogP contribution is 2.36. The van der Waals surface area contributed by atoms with E-state index >= 15 is 0 Å². The fourth-order valence-corrected chi connectivity index (χ4v) is 2.17. The van der Waals surface area contributed by atoms with Gasteiger partial charge in [0, 0.05) is 20.2 Å². The first-order valence-corrected chi connectivity index (χ1v) is 6.82. The topological polar surface area (TPSA) is 39.7 Å². The van der Waals surface area contributed by atoms with Gasteiger partial charge in [-0.25, -0.2) is 0 Å². The molecule has 0 saturated carbocycles. The molecule has 6 heteroatoms. The lowest BCUT2D eigenvalue weighted by molar-refractivity contribution is 0.199. The lowest BCUT2D eigenvalue weighted by atomic mass is 10.2. The summed E-state index contributed by atoms with van der Waals surface area (Å²) in [5.74, 6) is 1.41. The molecule has 114 valence electrons. The molecule has 0 bridgehead atoms. The van der Waals surface area contributed by atoms with Crippen LogP contribution in [-0.2, 0) is 11.3 Å². The molecule has 0 aliphatic carbocycles. The standard InChI is InChI=1S/C14H20BrNO3.ClH/c1-4-6-19-14-12(15)8-11(9-13(14)18-3)10-16-5-7-17-2;/h4,8-9,16H,1,5-7,10H2,2-3H3;1H. The number of hydrogen-bond acceptors (Lipinski definition) is 4. The second-order valence-corrected chi connectivity index (χ2v) is 4.73. The van der Waals surface area contributed by atoms with E-state index < -0.39 is 0 Å². The van der Waals surface area contributed by atoms with Crippen molar-refractivity contribution >= 4 is 28.3 Å². The minimum atomic E-state index is 0. The molecule has 20 heavy (non-hydrogen) atoms. The van der Waals surface area contributed by atoms with Gasteiger partial charge < -0.3 is 19.5 Å². The van der Waals surface area contributed by atoms with Gasteiger partial charge in [-0.05, 0) is 33.6 Å². The SMILES string of the molecule is C=CCOc1c(Br)cc(CNCCOC)cc1OC.Cl. The lowest BCUT2D eigenvalue weighted by Crippen LogP contribution is -2.18. The zero-order valence-corrected chi connectivity index (χ0v) is 14.2. The van der Waals surface area contributed by atoms with E-state index in [1.165, 1.54) is 0 Å². The maximum Gasteiger partial charge on any atom is 0.175 e. The minimum Gasteiger partial charge on any atom is -0.493 e. The third-order valence-corrected chi connectivity index (χ3v) is 3.04. The summed E-state index contributed by atoms with van der Waals surface area (Å²) in [5, 5.41) is 3.29. The quantitative estimate of drug-likeness (QED) is 0.538. The van der Waals surface area contributed by atoms with Crippen LogP contribution in [0.5, 0.6) is 11.5 Å². The van der Waals surface area contributed by atoms with Gasteiger partial charge in [-0.2, -0.15) is 0 Å². The van der Waals surface area contributed by atoms with Gasteiger partial charge in [0.1, 0.15) is 6.61 Å².